The number of hydrogen-bond donors (Lipinski definition) is 0. The number of hydrogen-bond acceptors (Lipinski definition) is 5. The van der Waals surface area contributed by atoms with Crippen LogP contribution in [0.25, 0.3) is 10.2 Å². The first-order valence-corrected chi connectivity index (χ1v) is 9.33. The van der Waals surface area contributed by atoms with Crippen LogP contribution in [0, 0.1) is 0 Å². The Labute approximate surface area is 142 Å². The molecule has 0 N–H and O–H groups in total. The van der Waals surface area contributed by atoms with Gasteiger partial charge < -0.3 is 4.90 Å². The van der Waals surface area contributed by atoms with Crippen LogP contribution >= 0.6 is 23.1 Å². The lowest BCUT2D eigenvalue weighted by Crippen LogP contribution is -2.37. The standard InChI is InChI=1S/C17H15N3OS2/c21-15(20-7-5-12-3-1-2-4-13(12)9-20)10-23-17-14-6-8-22-16(14)18-11-19-17/h1-4,6,8,11H,5,7,9-10H2. The Kier molecular flexibility index (Phi) is 4.01. The van der Waals surface area contributed by atoms with Gasteiger partial charge in [-0.3, -0.25) is 4.79 Å². The molecule has 0 spiro atoms. The fourth-order valence-electron chi connectivity index (χ4n) is 2.81. The van der Waals surface area contributed by atoms with Crippen LogP contribution in [0.2, 0.25) is 0 Å². The van der Waals surface area contributed by atoms with Crippen molar-refractivity contribution in [1.82, 2.24) is 14.9 Å². The van der Waals surface area contributed by atoms with E-state index in [1.807, 2.05) is 22.4 Å². The summed E-state index contributed by atoms with van der Waals surface area (Å²) < 4.78 is 0. The Morgan fingerprint density at radius 1 is 1.22 bits per heavy atom. The van der Waals surface area contributed by atoms with E-state index < -0.39 is 0 Å². The molecule has 0 radical (unpaired) electrons. The van der Waals surface area contributed by atoms with Crippen LogP contribution < -0.4 is 0 Å². The third kappa shape index (κ3) is 2.96. The van der Waals surface area contributed by atoms with Crippen LogP contribution in [0.5, 0.6) is 0 Å². The van der Waals surface area contributed by atoms with E-state index in [2.05, 4.69) is 28.2 Å². The highest BCUT2D eigenvalue weighted by Gasteiger charge is 2.20. The number of thioether (sulfide) groups is 1. The third-order valence-electron chi connectivity index (χ3n) is 4.04. The zero-order valence-electron chi connectivity index (χ0n) is 12.4. The molecule has 0 unspecified atom stereocenters. The molecule has 1 amide bonds. The second-order valence-electron chi connectivity index (χ2n) is 5.44. The molecular weight excluding hydrogens is 326 g/mol. The molecule has 2 aromatic heterocycles. The molecule has 4 nitrogen and oxygen atoms in total. The van der Waals surface area contributed by atoms with Gasteiger partial charge >= 0.3 is 0 Å². The minimum absolute atomic E-state index is 0.173. The van der Waals surface area contributed by atoms with Crippen molar-refractivity contribution in [2.45, 2.75) is 18.0 Å². The number of nitrogens with zero attached hydrogens (tertiary/aromatic N) is 3. The van der Waals surface area contributed by atoms with E-state index >= 15 is 0 Å². The van der Waals surface area contributed by atoms with Gasteiger partial charge in [0.15, 0.2) is 0 Å². The van der Waals surface area contributed by atoms with Crippen molar-refractivity contribution in [3.63, 3.8) is 0 Å². The normalized spacial score (nSPS) is 14.0. The SMILES string of the molecule is O=C(CSc1ncnc2sccc12)N1CCc2ccccc2C1. The predicted octanol–water partition coefficient (Wildman–Crippen LogP) is 3.37. The largest absolute Gasteiger partial charge is 0.337 e. The lowest BCUT2D eigenvalue weighted by Gasteiger charge is -2.28. The fourth-order valence-corrected chi connectivity index (χ4v) is 4.49. The molecular formula is C17H15N3OS2. The molecule has 1 aliphatic heterocycles. The summed E-state index contributed by atoms with van der Waals surface area (Å²) in [6.45, 7) is 1.52. The van der Waals surface area contributed by atoms with Crippen molar-refractivity contribution >= 4 is 39.2 Å². The van der Waals surface area contributed by atoms with Gasteiger partial charge in [0, 0.05) is 18.5 Å². The van der Waals surface area contributed by atoms with E-state index in [0.29, 0.717) is 12.3 Å². The number of amides is 1. The minimum atomic E-state index is 0.173. The molecule has 0 saturated heterocycles. The van der Waals surface area contributed by atoms with E-state index in [-0.39, 0.29) is 5.91 Å². The van der Waals surface area contributed by atoms with Gasteiger partial charge in [-0.15, -0.1) is 11.3 Å². The van der Waals surface area contributed by atoms with Gasteiger partial charge in [0.25, 0.3) is 0 Å². The van der Waals surface area contributed by atoms with E-state index in [4.69, 9.17) is 0 Å². The number of carbonyl (C=O) groups excluding carboxylic acids is 1. The number of thiophene rings is 1. The zero-order chi connectivity index (χ0) is 15.6. The van der Waals surface area contributed by atoms with Gasteiger partial charge in [-0.2, -0.15) is 0 Å². The summed E-state index contributed by atoms with van der Waals surface area (Å²) in [7, 11) is 0. The van der Waals surface area contributed by atoms with E-state index in [0.717, 1.165) is 28.2 Å². The summed E-state index contributed by atoms with van der Waals surface area (Å²) in [4.78, 5) is 24.0. The average Bonchev–Trinajstić information content (AvgIpc) is 3.08. The van der Waals surface area contributed by atoms with Gasteiger partial charge in [0.05, 0.1) is 5.75 Å². The maximum atomic E-state index is 12.5. The summed E-state index contributed by atoms with van der Waals surface area (Å²) in [5.74, 6) is 0.593. The van der Waals surface area contributed by atoms with Gasteiger partial charge in [0.2, 0.25) is 5.91 Å². The minimum Gasteiger partial charge on any atom is -0.337 e. The van der Waals surface area contributed by atoms with Crippen molar-refractivity contribution in [3.8, 4) is 0 Å². The Morgan fingerprint density at radius 3 is 3.00 bits per heavy atom. The average molecular weight is 341 g/mol. The highest BCUT2D eigenvalue weighted by atomic mass is 32.2. The first-order chi connectivity index (χ1) is 11.3. The lowest BCUT2D eigenvalue weighted by atomic mass is 10.00. The topological polar surface area (TPSA) is 46.1 Å². The lowest BCUT2D eigenvalue weighted by molar-refractivity contribution is -0.129. The molecule has 116 valence electrons. The van der Waals surface area contributed by atoms with Crippen molar-refractivity contribution in [2.24, 2.45) is 0 Å². The van der Waals surface area contributed by atoms with E-state index in [1.165, 1.54) is 22.9 Å². The van der Waals surface area contributed by atoms with E-state index in [9.17, 15) is 4.79 Å². The van der Waals surface area contributed by atoms with Crippen LogP contribution in [0.4, 0.5) is 0 Å². The van der Waals surface area contributed by atoms with Crippen LogP contribution in [0.3, 0.4) is 0 Å². The van der Waals surface area contributed by atoms with Crippen molar-refractivity contribution in [3.05, 3.63) is 53.2 Å². The first-order valence-electron chi connectivity index (χ1n) is 7.47. The number of benzene rings is 1. The molecule has 0 aliphatic carbocycles. The summed E-state index contributed by atoms with van der Waals surface area (Å²) >= 11 is 3.10. The monoisotopic (exact) mass is 341 g/mol. The molecule has 6 heteroatoms. The molecule has 1 aromatic carbocycles. The molecule has 23 heavy (non-hydrogen) atoms. The Balaban J connectivity index is 1.44. The third-order valence-corrected chi connectivity index (χ3v) is 5.85. The Bertz CT molecular complexity index is 862. The van der Waals surface area contributed by atoms with Crippen molar-refractivity contribution < 1.29 is 4.79 Å². The molecule has 0 atom stereocenters. The summed E-state index contributed by atoms with van der Waals surface area (Å²) in [5.41, 5.74) is 2.62. The molecule has 4 rings (SSSR count). The summed E-state index contributed by atoms with van der Waals surface area (Å²) in [5, 5.41) is 3.94. The van der Waals surface area contributed by atoms with Crippen LogP contribution in [-0.4, -0.2) is 33.1 Å². The molecule has 1 aliphatic rings. The van der Waals surface area contributed by atoms with Gasteiger partial charge in [-0.25, -0.2) is 9.97 Å². The quantitative estimate of drug-likeness (QED) is 0.541. The zero-order valence-corrected chi connectivity index (χ0v) is 14.1. The summed E-state index contributed by atoms with van der Waals surface area (Å²) in [6.07, 6.45) is 2.51. The smallest absolute Gasteiger partial charge is 0.233 e. The van der Waals surface area contributed by atoms with Crippen molar-refractivity contribution in [1.29, 1.82) is 0 Å². The van der Waals surface area contributed by atoms with Crippen LogP contribution in [0.15, 0.2) is 47.1 Å². The molecule has 0 saturated carbocycles. The molecule has 0 fully saturated rings. The van der Waals surface area contributed by atoms with E-state index in [1.54, 1.807) is 17.7 Å². The highest BCUT2D eigenvalue weighted by molar-refractivity contribution is 8.00. The van der Waals surface area contributed by atoms with Gasteiger partial charge in [0.1, 0.15) is 16.2 Å². The fraction of sp³-hybridized carbons (Fsp3) is 0.235. The van der Waals surface area contributed by atoms with Crippen LogP contribution in [0.1, 0.15) is 11.1 Å². The number of aromatic nitrogens is 2. The maximum Gasteiger partial charge on any atom is 0.233 e. The number of rotatable bonds is 3. The molecule has 0 bridgehead atoms. The second-order valence-corrected chi connectivity index (χ2v) is 7.30. The second kappa shape index (κ2) is 6.29. The van der Waals surface area contributed by atoms with Crippen LogP contribution in [-0.2, 0) is 17.8 Å². The molecule has 3 aromatic rings. The highest BCUT2D eigenvalue weighted by Crippen LogP contribution is 2.28. The first kappa shape index (κ1) is 14.7. The predicted molar refractivity (Wildman–Crippen MR) is 93.7 cm³/mol. The summed E-state index contributed by atoms with van der Waals surface area (Å²) in [6, 6.07) is 10.4. The van der Waals surface area contributed by atoms with Crippen molar-refractivity contribution in [2.75, 3.05) is 12.3 Å². The number of fused-ring (bicyclic) bond motifs is 2. The maximum absolute atomic E-state index is 12.5. The Morgan fingerprint density at radius 2 is 2.09 bits per heavy atom. The Hall–Kier alpha value is -1.92. The molecule has 3 heterocycles. The van der Waals surface area contributed by atoms with Gasteiger partial charge in [-0.1, -0.05) is 36.0 Å². The number of carbonyl (C=O) groups is 1. The van der Waals surface area contributed by atoms with Gasteiger partial charge in [-0.05, 0) is 29.0 Å².